The molecule has 0 radical (unpaired) electrons. The third-order valence-corrected chi connectivity index (χ3v) is 8.51. The van der Waals surface area contributed by atoms with Crippen LogP contribution in [0.4, 0.5) is 4.79 Å². The maximum atomic E-state index is 14.6. The lowest BCUT2D eigenvalue weighted by atomic mass is 9.87. The standard InChI is InChI=1S/C33H44NO5P/c1-24(2)22-30(34-31(35)37-23-25-12-10-9-11-13-25)40(36,38-28-18-14-26(15-19-28)32(3,4)5)39-29-20-16-27(17-21-29)33(6,7)8/h9-21,24,30H,22-23H2,1-8H3,(H,34,35)/t30-/m0/s1. The van der Waals surface area contributed by atoms with E-state index in [4.69, 9.17) is 13.8 Å². The fraction of sp³-hybridized carbons (Fsp3) is 0.424. The van der Waals surface area contributed by atoms with Crippen molar-refractivity contribution in [2.24, 2.45) is 5.92 Å². The van der Waals surface area contributed by atoms with Crippen LogP contribution in [0.1, 0.15) is 78.5 Å². The number of nitrogens with one attached hydrogen (secondary N) is 1. The summed E-state index contributed by atoms with van der Waals surface area (Å²) in [4.78, 5) is 12.9. The highest BCUT2D eigenvalue weighted by molar-refractivity contribution is 7.55. The molecule has 40 heavy (non-hydrogen) atoms. The number of ether oxygens (including phenoxy) is 1. The molecule has 1 atom stereocenters. The lowest BCUT2D eigenvalue weighted by Gasteiger charge is -2.29. The van der Waals surface area contributed by atoms with Crippen molar-refractivity contribution < 1.29 is 23.1 Å². The Kier molecular flexibility index (Phi) is 10.1. The van der Waals surface area contributed by atoms with Crippen LogP contribution in [-0.4, -0.2) is 11.9 Å². The minimum Gasteiger partial charge on any atom is -0.445 e. The van der Waals surface area contributed by atoms with Crippen molar-refractivity contribution in [1.82, 2.24) is 5.32 Å². The van der Waals surface area contributed by atoms with E-state index in [-0.39, 0.29) is 23.4 Å². The van der Waals surface area contributed by atoms with Crippen molar-refractivity contribution in [3.8, 4) is 11.5 Å². The van der Waals surface area contributed by atoms with Crippen LogP contribution in [0.5, 0.6) is 11.5 Å². The first-order chi connectivity index (χ1) is 18.7. The molecule has 1 N–H and O–H groups in total. The molecule has 1 amide bonds. The van der Waals surface area contributed by atoms with E-state index in [1.165, 1.54) is 0 Å². The van der Waals surface area contributed by atoms with E-state index in [1.54, 1.807) is 24.3 Å². The van der Waals surface area contributed by atoms with Crippen molar-refractivity contribution in [2.75, 3.05) is 0 Å². The van der Waals surface area contributed by atoms with Gasteiger partial charge in [0, 0.05) is 0 Å². The van der Waals surface area contributed by atoms with Gasteiger partial charge in [0.25, 0.3) is 0 Å². The van der Waals surface area contributed by atoms with Gasteiger partial charge in [0.15, 0.2) is 5.78 Å². The Labute approximate surface area is 240 Å². The summed E-state index contributed by atoms with van der Waals surface area (Å²) in [5, 5.41) is 2.80. The molecule has 0 aromatic heterocycles. The lowest BCUT2D eigenvalue weighted by molar-refractivity contribution is 0.136. The summed E-state index contributed by atoms with van der Waals surface area (Å²) in [5.41, 5.74) is 3.01. The third kappa shape index (κ3) is 9.16. The van der Waals surface area contributed by atoms with Gasteiger partial charge in [0.2, 0.25) is 0 Å². The lowest BCUT2D eigenvalue weighted by Crippen LogP contribution is -2.38. The van der Waals surface area contributed by atoms with Gasteiger partial charge in [-0.25, -0.2) is 9.36 Å². The minimum atomic E-state index is -4.00. The Morgan fingerprint density at radius 1 is 0.750 bits per heavy atom. The van der Waals surface area contributed by atoms with E-state index < -0.39 is 19.5 Å². The quantitative estimate of drug-likeness (QED) is 0.248. The SMILES string of the molecule is CC(C)C[C@@H](NC(=O)OCc1ccccc1)P(=O)(Oc1ccc(C(C)(C)C)cc1)Oc1ccc(C(C)(C)C)cc1. The van der Waals surface area contributed by atoms with Gasteiger partial charge in [-0.3, -0.25) is 0 Å². The molecule has 0 saturated carbocycles. The van der Waals surface area contributed by atoms with Gasteiger partial charge in [-0.2, -0.15) is 0 Å². The minimum absolute atomic E-state index is 0.0439. The summed E-state index contributed by atoms with van der Waals surface area (Å²) in [6.45, 7) is 16.8. The molecule has 0 saturated heterocycles. The van der Waals surface area contributed by atoms with Gasteiger partial charge in [-0.15, -0.1) is 0 Å². The molecular formula is C33H44NO5P. The molecular weight excluding hydrogens is 521 g/mol. The summed E-state index contributed by atoms with van der Waals surface area (Å²) in [5.74, 6) is -0.0569. The van der Waals surface area contributed by atoms with Crippen molar-refractivity contribution in [2.45, 2.75) is 85.0 Å². The molecule has 0 spiro atoms. The average Bonchev–Trinajstić information content (AvgIpc) is 2.87. The van der Waals surface area contributed by atoms with Crippen LogP contribution in [0, 0.1) is 5.92 Å². The molecule has 6 nitrogen and oxygen atoms in total. The topological polar surface area (TPSA) is 73.9 Å². The molecule has 3 aromatic rings. The number of rotatable bonds is 10. The summed E-state index contributed by atoms with van der Waals surface area (Å²) in [6.07, 6.45) is -0.328. The van der Waals surface area contributed by atoms with Gasteiger partial charge < -0.3 is 19.1 Å². The maximum absolute atomic E-state index is 14.6. The predicted octanol–water partition coefficient (Wildman–Crippen LogP) is 9.23. The first-order valence-electron chi connectivity index (χ1n) is 13.8. The monoisotopic (exact) mass is 565 g/mol. The highest BCUT2D eigenvalue weighted by atomic mass is 31.2. The average molecular weight is 566 g/mol. The molecule has 0 aliphatic heterocycles. The third-order valence-electron chi connectivity index (χ3n) is 6.48. The van der Waals surface area contributed by atoms with Crippen LogP contribution < -0.4 is 14.4 Å². The van der Waals surface area contributed by atoms with Crippen molar-refractivity contribution in [3.63, 3.8) is 0 Å². The first kappa shape index (κ1) is 31.3. The van der Waals surface area contributed by atoms with Gasteiger partial charge in [-0.1, -0.05) is 110 Å². The zero-order valence-electron chi connectivity index (χ0n) is 25.1. The Morgan fingerprint density at radius 3 is 1.60 bits per heavy atom. The molecule has 0 aliphatic rings. The summed E-state index contributed by atoms with van der Waals surface area (Å²) < 4.78 is 32.4. The fourth-order valence-electron chi connectivity index (χ4n) is 4.09. The van der Waals surface area contributed by atoms with Crippen LogP contribution in [0.2, 0.25) is 0 Å². The first-order valence-corrected chi connectivity index (χ1v) is 15.4. The Bertz CT molecular complexity index is 1210. The van der Waals surface area contributed by atoms with Crippen LogP contribution in [0.15, 0.2) is 78.9 Å². The molecule has 7 heteroatoms. The molecule has 216 valence electrons. The van der Waals surface area contributed by atoms with E-state index in [0.717, 1.165) is 16.7 Å². The van der Waals surface area contributed by atoms with E-state index in [2.05, 4.69) is 46.9 Å². The second-order valence-corrected chi connectivity index (χ2v) is 14.7. The number of alkyl carbamates (subject to hydrolysis) is 1. The smallest absolute Gasteiger partial charge is 0.445 e. The van der Waals surface area contributed by atoms with E-state index in [1.807, 2.05) is 68.4 Å². The molecule has 3 rings (SSSR count). The maximum Gasteiger partial charge on any atom is 0.453 e. The van der Waals surface area contributed by atoms with E-state index in [9.17, 15) is 9.36 Å². The number of hydrogen-bond acceptors (Lipinski definition) is 5. The summed E-state index contributed by atoms with van der Waals surface area (Å²) in [7, 11) is -4.00. The molecule has 0 bridgehead atoms. The van der Waals surface area contributed by atoms with Crippen molar-refractivity contribution in [1.29, 1.82) is 0 Å². The number of hydrogen-bond donors (Lipinski definition) is 1. The predicted molar refractivity (Wildman–Crippen MR) is 162 cm³/mol. The number of carbonyl (C=O) groups excluding carboxylic acids is 1. The largest absolute Gasteiger partial charge is 0.453 e. The van der Waals surface area contributed by atoms with Crippen LogP contribution in [-0.2, 0) is 26.7 Å². The zero-order valence-corrected chi connectivity index (χ0v) is 26.0. The molecule has 3 aromatic carbocycles. The molecule has 0 heterocycles. The number of carbonyl (C=O) groups is 1. The second-order valence-electron chi connectivity index (χ2n) is 12.6. The van der Waals surface area contributed by atoms with Gasteiger partial charge in [0.05, 0.1) is 0 Å². The Morgan fingerprint density at radius 2 is 1.20 bits per heavy atom. The van der Waals surface area contributed by atoms with Crippen molar-refractivity contribution >= 4 is 13.7 Å². The van der Waals surface area contributed by atoms with E-state index in [0.29, 0.717) is 17.9 Å². The van der Waals surface area contributed by atoms with Gasteiger partial charge in [-0.05, 0) is 64.1 Å². The number of benzene rings is 3. The van der Waals surface area contributed by atoms with Crippen molar-refractivity contribution in [3.05, 3.63) is 95.6 Å². The summed E-state index contributed by atoms with van der Waals surface area (Å²) >= 11 is 0. The van der Waals surface area contributed by atoms with Crippen LogP contribution in [0.3, 0.4) is 0 Å². The summed E-state index contributed by atoms with van der Waals surface area (Å²) in [6, 6.07) is 24.4. The highest BCUT2D eigenvalue weighted by Gasteiger charge is 2.41. The Balaban J connectivity index is 1.91. The zero-order chi connectivity index (χ0) is 29.6. The highest BCUT2D eigenvalue weighted by Crippen LogP contribution is 2.54. The van der Waals surface area contributed by atoms with Gasteiger partial charge in [0.1, 0.15) is 18.1 Å². The normalized spacial score (nSPS) is 13.0. The second kappa shape index (κ2) is 13.0. The number of amides is 1. The Hall–Kier alpha value is -3.24. The van der Waals surface area contributed by atoms with Gasteiger partial charge >= 0.3 is 13.7 Å². The van der Waals surface area contributed by atoms with Crippen LogP contribution in [0.25, 0.3) is 0 Å². The van der Waals surface area contributed by atoms with Crippen LogP contribution >= 0.6 is 7.60 Å². The molecule has 0 unspecified atom stereocenters. The fourth-order valence-corrected chi connectivity index (χ4v) is 6.15. The van der Waals surface area contributed by atoms with E-state index >= 15 is 0 Å². The molecule has 0 fully saturated rings. The molecule has 0 aliphatic carbocycles.